The predicted molar refractivity (Wildman–Crippen MR) is 204 cm³/mol. The molecule has 0 aliphatic heterocycles. The van der Waals surface area contributed by atoms with E-state index in [-0.39, 0.29) is 22.0 Å². The molecule has 0 N–H and O–H groups in total. The molecule has 240 valence electrons. The van der Waals surface area contributed by atoms with Crippen molar-refractivity contribution < 1.29 is 4.79 Å². The molecule has 0 saturated carbocycles. The molecule has 1 nitrogen and oxygen atoms in total. The Morgan fingerprint density at radius 2 is 0.723 bits per heavy atom. The summed E-state index contributed by atoms with van der Waals surface area (Å²) in [5.74, 6) is 0.0954. The number of allylic oxidation sites excluding steroid dienone is 1. The third-order valence-electron chi connectivity index (χ3n) is 10.00. The molecule has 0 saturated heterocycles. The van der Waals surface area contributed by atoms with Gasteiger partial charge in [-0.05, 0) is 0 Å². The SMILES string of the molecule is CC(C)([CH2][Sn]([CH2]C(C)(C)c1ccccc1)([CH2]C(C)(C)c1ccccc1)/[C](=C/C(=O)c1ccccc1)c1ccccc1)c1ccccc1. The predicted octanol–water partition coefficient (Wildman–Crippen LogP) is 11.9. The van der Waals surface area contributed by atoms with Crippen LogP contribution in [0.1, 0.15) is 74.2 Å². The Morgan fingerprint density at radius 1 is 0.447 bits per heavy atom. The Bertz CT molecular complexity index is 1620. The molecule has 2 heteroatoms. The monoisotopic (exact) mass is 726 g/mol. The molecule has 5 aromatic rings. The van der Waals surface area contributed by atoms with Crippen LogP contribution in [0, 0.1) is 0 Å². The van der Waals surface area contributed by atoms with Gasteiger partial charge in [-0.15, -0.1) is 0 Å². The van der Waals surface area contributed by atoms with Crippen LogP contribution in [0.2, 0.25) is 13.3 Å². The first kappa shape index (κ1) is 34.6. The van der Waals surface area contributed by atoms with Crippen molar-refractivity contribution in [3.63, 3.8) is 0 Å². The van der Waals surface area contributed by atoms with Crippen molar-refractivity contribution in [3.8, 4) is 0 Å². The summed E-state index contributed by atoms with van der Waals surface area (Å²) in [5, 5.41) is 0. The van der Waals surface area contributed by atoms with Gasteiger partial charge in [0.05, 0.1) is 0 Å². The summed E-state index contributed by atoms with van der Waals surface area (Å²) >= 11 is -3.83. The van der Waals surface area contributed by atoms with E-state index in [0.717, 1.165) is 18.9 Å². The maximum atomic E-state index is 14.3. The number of benzene rings is 5. The van der Waals surface area contributed by atoms with Gasteiger partial charge in [0.1, 0.15) is 0 Å². The van der Waals surface area contributed by atoms with Crippen LogP contribution >= 0.6 is 0 Å². The van der Waals surface area contributed by atoms with Crippen molar-refractivity contribution in [1.82, 2.24) is 0 Å². The van der Waals surface area contributed by atoms with Gasteiger partial charge in [0, 0.05) is 0 Å². The Labute approximate surface area is 287 Å². The summed E-state index contributed by atoms with van der Waals surface area (Å²) in [5.41, 5.74) is 5.73. The molecule has 0 spiro atoms. The molecule has 0 unspecified atom stereocenters. The number of hydrogen-bond donors (Lipinski definition) is 0. The van der Waals surface area contributed by atoms with E-state index in [1.165, 1.54) is 25.8 Å². The molecule has 5 aromatic carbocycles. The molecule has 0 heterocycles. The van der Waals surface area contributed by atoms with E-state index in [0.29, 0.717) is 0 Å². The van der Waals surface area contributed by atoms with Crippen LogP contribution in [0.5, 0.6) is 0 Å². The van der Waals surface area contributed by atoms with E-state index in [1.807, 2.05) is 30.3 Å². The van der Waals surface area contributed by atoms with Crippen molar-refractivity contribution in [2.24, 2.45) is 0 Å². The van der Waals surface area contributed by atoms with Crippen LogP contribution in [0.25, 0.3) is 3.59 Å². The van der Waals surface area contributed by atoms with Crippen LogP contribution in [0.15, 0.2) is 158 Å². The summed E-state index contributed by atoms with van der Waals surface area (Å²) in [7, 11) is 0. The van der Waals surface area contributed by atoms with Crippen LogP contribution in [0.3, 0.4) is 0 Å². The Morgan fingerprint density at radius 3 is 1.04 bits per heavy atom. The normalized spacial score (nSPS) is 12.9. The first-order valence-electron chi connectivity index (χ1n) is 17.0. The van der Waals surface area contributed by atoms with Gasteiger partial charge < -0.3 is 0 Å². The first-order chi connectivity index (χ1) is 22.4. The first-order valence-corrected chi connectivity index (χ1v) is 24.4. The second kappa shape index (κ2) is 14.6. The molecule has 0 aliphatic carbocycles. The van der Waals surface area contributed by atoms with Crippen molar-refractivity contribution >= 4 is 27.7 Å². The number of hydrogen-bond acceptors (Lipinski definition) is 1. The molecule has 0 radical (unpaired) electrons. The van der Waals surface area contributed by atoms with Gasteiger partial charge in [-0.1, -0.05) is 0 Å². The number of carbonyl (C=O) groups excluding carboxylic acids is 1. The number of carbonyl (C=O) groups is 1. The maximum absolute atomic E-state index is 14.3. The fourth-order valence-electron chi connectivity index (χ4n) is 7.96. The third kappa shape index (κ3) is 8.43. The molecule has 0 atom stereocenters. The minimum atomic E-state index is -3.83. The van der Waals surface area contributed by atoms with Crippen LogP contribution in [-0.2, 0) is 16.2 Å². The average molecular weight is 726 g/mol. The molecular weight excluding hydrogens is 675 g/mol. The summed E-state index contributed by atoms with van der Waals surface area (Å²) < 4.78 is 4.54. The van der Waals surface area contributed by atoms with Gasteiger partial charge >= 0.3 is 289 Å². The Balaban J connectivity index is 1.82. The van der Waals surface area contributed by atoms with Crippen molar-refractivity contribution in [2.45, 2.75) is 71.1 Å². The second-order valence-corrected chi connectivity index (χ2v) is 27.1. The number of ketones is 1. The summed E-state index contributed by atoms with van der Waals surface area (Å²) in [6.45, 7) is 14.6. The van der Waals surface area contributed by atoms with Gasteiger partial charge in [0.15, 0.2) is 0 Å². The molecule has 0 fully saturated rings. The second-order valence-electron chi connectivity index (χ2n) is 15.2. The fourth-order valence-corrected chi connectivity index (χ4v) is 30.4. The van der Waals surface area contributed by atoms with Crippen molar-refractivity contribution in [1.29, 1.82) is 0 Å². The summed E-state index contributed by atoms with van der Waals surface area (Å²) in [6.07, 6.45) is 2.07. The van der Waals surface area contributed by atoms with Crippen LogP contribution in [-0.4, -0.2) is 24.2 Å². The van der Waals surface area contributed by atoms with Crippen molar-refractivity contribution in [3.05, 3.63) is 186 Å². The Hall–Kier alpha value is -3.69. The van der Waals surface area contributed by atoms with E-state index in [2.05, 4.69) is 169 Å². The van der Waals surface area contributed by atoms with Gasteiger partial charge in [-0.25, -0.2) is 0 Å². The summed E-state index contributed by atoms with van der Waals surface area (Å²) in [6, 6.07) is 53.8. The standard InChI is InChI=1S/C15H11O.3C10H13.Sn/c16-15(14-9-5-2-6-10-14)12-11-13-7-3-1-4-8-13;3*1-10(2,3)9-7-5-4-6-8-9;/h1-10,12H;3*4-8H,1H2,2-3H3;. The average Bonchev–Trinajstić information content (AvgIpc) is 3.08. The molecule has 0 bridgehead atoms. The quantitative estimate of drug-likeness (QED) is 0.0671. The van der Waals surface area contributed by atoms with Gasteiger partial charge in [-0.3, -0.25) is 0 Å². The Kier molecular flexibility index (Phi) is 10.8. The third-order valence-corrected chi connectivity index (χ3v) is 27.9. The zero-order chi connectivity index (χ0) is 33.5. The topological polar surface area (TPSA) is 17.1 Å². The zero-order valence-corrected chi connectivity index (χ0v) is 31.9. The fraction of sp³-hybridized carbons (Fsp3) is 0.267. The molecule has 47 heavy (non-hydrogen) atoms. The van der Waals surface area contributed by atoms with E-state index in [1.54, 1.807) is 0 Å². The van der Waals surface area contributed by atoms with Crippen LogP contribution < -0.4 is 0 Å². The van der Waals surface area contributed by atoms with Gasteiger partial charge in [0.25, 0.3) is 0 Å². The van der Waals surface area contributed by atoms with Crippen molar-refractivity contribution in [2.75, 3.05) is 0 Å². The molecule has 0 aromatic heterocycles. The van der Waals surface area contributed by atoms with E-state index in [4.69, 9.17) is 0 Å². The van der Waals surface area contributed by atoms with Crippen LogP contribution in [0.4, 0.5) is 0 Å². The van der Waals surface area contributed by atoms with E-state index >= 15 is 0 Å². The minimum absolute atomic E-state index is 0.0954. The zero-order valence-electron chi connectivity index (χ0n) is 29.0. The molecule has 5 rings (SSSR count). The molecular formula is C45H50OSn. The number of rotatable bonds is 13. The molecule has 0 amide bonds. The van der Waals surface area contributed by atoms with Gasteiger partial charge in [-0.2, -0.15) is 0 Å². The van der Waals surface area contributed by atoms with E-state index in [9.17, 15) is 4.79 Å². The van der Waals surface area contributed by atoms with E-state index < -0.39 is 18.4 Å². The van der Waals surface area contributed by atoms with Gasteiger partial charge in [0.2, 0.25) is 0 Å². The summed E-state index contributed by atoms with van der Waals surface area (Å²) in [4.78, 5) is 14.3. The molecule has 0 aliphatic rings.